The van der Waals surface area contributed by atoms with E-state index in [1.54, 1.807) is 6.92 Å². The second-order valence-electron chi connectivity index (χ2n) is 8.32. The summed E-state index contributed by atoms with van der Waals surface area (Å²) in [5, 5.41) is 10.8. The summed E-state index contributed by atoms with van der Waals surface area (Å²) in [6.07, 6.45) is 7.05. The number of aldehydes is 1. The lowest BCUT2D eigenvalue weighted by atomic mass is 9.98. The summed E-state index contributed by atoms with van der Waals surface area (Å²) in [5.41, 5.74) is 2.69. The highest BCUT2D eigenvalue weighted by Crippen LogP contribution is 2.41. The minimum absolute atomic E-state index is 0.0887. The van der Waals surface area contributed by atoms with Crippen molar-refractivity contribution in [1.29, 1.82) is 0 Å². The molecule has 1 heterocycles. The Kier molecular flexibility index (Phi) is 7.89. The number of ketones is 1. The van der Waals surface area contributed by atoms with Crippen LogP contribution in [-0.2, 0) is 16.0 Å². The van der Waals surface area contributed by atoms with Crippen molar-refractivity contribution >= 4 is 23.7 Å². The van der Waals surface area contributed by atoms with Gasteiger partial charge in [-0.15, -0.1) is 0 Å². The van der Waals surface area contributed by atoms with Gasteiger partial charge in [0.15, 0.2) is 12.1 Å². The van der Waals surface area contributed by atoms with Crippen LogP contribution in [0.1, 0.15) is 68.4 Å². The molecule has 1 aromatic carbocycles. The lowest BCUT2D eigenvalue weighted by Crippen LogP contribution is -2.27. The van der Waals surface area contributed by atoms with E-state index in [9.17, 15) is 14.7 Å². The third kappa shape index (κ3) is 5.13. The van der Waals surface area contributed by atoms with Crippen LogP contribution in [0.15, 0.2) is 23.3 Å². The Bertz CT molecular complexity index is 896. The topological polar surface area (TPSA) is 72.8 Å². The van der Waals surface area contributed by atoms with E-state index < -0.39 is 5.60 Å². The molecule has 0 saturated carbocycles. The Morgan fingerprint density at radius 1 is 1.33 bits per heavy atom. The minimum atomic E-state index is -0.702. The molecule has 1 atom stereocenters. The number of benzene rings is 1. The molecule has 0 amide bonds. The van der Waals surface area contributed by atoms with Crippen molar-refractivity contribution in [2.45, 2.75) is 72.0 Å². The number of carbonyl (C=O) groups excluding carboxylic acids is 2. The summed E-state index contributed by atoms with van der Waals surface area (Å²) < 4.78 is 11.2. The zero-order valence-electron chi connectivity index (χ0n) is 18.6. The van der Waals surface area contributed by atoms with Crippen LogP contribution in [0.3, 0.4) is 0 Å². The molecular formula is C24H31ClO5. The summed E-state index contributed by atoms with van der Waals surface area (Å²) >= 11 is 6.32. The first kappa shape index (κ1) is 24.2. The molecular weight excluding hydrogens is 404 g/mol. The van der Waals surface area contributed by atoms with Gasteiger partial charge in [0.2, 0.25) is 0 Å². The lowest BCUT2D eigenvalue weighted by Gasteiger charge is -2.18. The first-order valence-corrected chi connectivity index (χ1v) is 10.5. The van der Waals surface area contributed by atoms with Gasteiger partial charge in [-0.3, -0.25) is 9.59 Å². The van der Waals surface area contributed by atoms with E-state index in [1.807, 2.05) is 33.8 Å². The molecule has 1 N–H and O–H groups in total. The van der Waals surface area contributed by atoms with Gasteiger partial charge < -0.3 is 14.6 Å². The number of aromatic hydroxyl groups is 1. The molecule has 0 spiro atoms. The molecule has 1 fully saturated rings. The van der Waals surface area contributed by atoms with Gasteiger partial charge in [-0.05, 0) is 65.0 Å². The van der Waals surface area contributed by atoms with Crippen LogP contribution in [-0.4, -0.2) is 36.0 Å². The maximum absolute atomic E-state index is 12.0. The Balaban J connectivity index is 2.07. The molecule has 0 bridgehead atoms. The van der Waals surface area contributed by atoms with Gasteiger partial charge in [-0.25, -0.2) is 0 Å². The maximum atomic E-state index is 12.0. The number of carbonyl (C=O) groups is 2. The van der Waals surface area contributed by atoms with Crippen molar-refractivity contribution in [1.82, 2.24) is 0 Å². The molecule has 1 aliphatic rings. The fourth-order valence-corrected chi connectivity index (χ4v) is 3.88. The summed E-state index contributed by atoms with van der Waals surface area (Å²) in [6.45, 7) is 9.31. The third-order valence-electron chi connectivity index (χ3n) is 5.72. The lowest BCUT2D eigenvalue weighted by molar-refractivity contribution is -0.129. The molecule has 1 saturated heterocycles. The second-order valence-corrected chi connectivity index (χ2v) is 8.69. The molecule has 1 aromatic rings. The molecule has 0 aromatic heterocycles. The van der Waals surface area contributed by atoms with Gasteiger partial charge in [-0.2, -0.15) is 0 Å². The molecule has 0 unspecified atom stereocenters. The van der Waals surface area contributed by atoms with Crippen molar-refractivity contribution in [2.24, 2.45) is 0 Å². The van der Waals surface area contributed by atoms with Crippen LogP contribution in [0, 0.1) is 6.92 Å². The summed E-state index contributed by atoms with van der Waals surface area (Å²) in [7, 11) is 1.49. The van der Waals surface area contributed by atoms with Gasteiger partial charge in [-0.1, -0.05) is 29.3 Å². The maximum Gasteiger partial charge on any atom is 0.167 e. The monoisotopic (exact) mass is 434 g/mol. The molecule has 5 nitrogen and oxygen atoms in total. The highest BCUT2D eigenvalue weighted by atomic mass is 35.5. The first-order chi connectivity index (χ1) is 14.0. The smallest absolute Gasteiger partial charge is 0.167 e. The number of ether oxygens (including phenoxy) is 2. The predicted molar refractivity (Wildman–Crippen MR) is 119 cm³/mol. The largest absolute Gasteiger partial charge is 0.507 e. The quantitative estimate of drug-likeness (QED) is 0.430. The van der Waals surface area contributed by atoms with Gasteiger partial charge >= 0.3 is 0 Å². The zero-order chi connectivity index (χ0) is 22.6. The number of allylic oxidation sites excluding steroid dienone is 3. The molecule has 0 radical (unpaired) electrons. The number of phenols is 1. The fourth-order valence-electron chi connectivity index (χ4n) is 3.58. The Hall–Kier alpha value is -2.11. The standard InChI is InChI=1S/C24H31ClO5/c1-14(8-7-9-15(2)19-12-20(27)24(4,5)30-19)10-11-17-22(28)18(13-26)16(3)21(25)23(17)29-6/h9-10,13,19,28H,7-8,11-12H2,1-6H3/b14-10+,15-9+/t19-/m0/s1. The van der Waals surface area contributed by atoms with Crippen LogP contribution >= 0.6 is 11.6 Å². The Morgan fingerprint density at radius 2 is 2.00 bits per heavy atom. The number of phenolic OH excluding ortho intramolecular Hbond substituents is 1. The van der Waals surface area contributed by atoms with E-state index in [1.165, 1.54) is 7.11 Å². The number of hydrogen-bond acceptors (Lipinski definition) is 5. The molecule has 1 aliphatic heterocycles. The van der Waals surface area contributed by atoms with E-state index in [2.05, 4.69) is 6.08 Å². The van der Waals surface area contributed by atoms with Crippen molar-refractivity contribution in [3.63, 3.8) is 0 Å². The number of halogens is 1. The van der Waals surface area contributed by atoms with Crippen molar-refractivity contribution in [2.75, 3.05) is 7.11 Å². The highest BCUT2D eigenvalue weighted by Gasteiger charge is 2.40. The summed E-state index contributed by atoms with van der Waals surface area (Å²) in [5.74, 6) is 0.438. The van der Waals surface area contributed by atoms with Gasteiger partial charge in [0.05, 0.1) is 23.8 Å². The van der Waals surface area contributed by atoms with Crippen LogP contribution < -0.4 is 4.74 Å². The van der Waals surface area contributed by atoms with E-state index >= 15 is 0 Å². The van der Waals surface area contributed by atoms with Crippen LogP contribution in [0.4, 0.5) is 0 Å². The van der Waals surface area contributed by atoms with Gasteiger partial charge in [0.1, 0.15) is 17.1 Å². The fraction of sp³-hybridized carbons (Fsp3) is 0.500. The molecule has 6 heteroatoms. The molecule has 30 heavy (non-hydrogen) atoms. The highest BCUT2D eigenvalue weighted by molar-refractivity contribution is 6.33. The van der Waals surface area contributed by atoms with Gasteiger partial charge in [0.25, 0.3) is 0 Å². The average molecular weight is 435 g/mol. The van der Waals surface area contributed by atoms with E-state index in [4.69, 9.17) is 21.1 Å². The first-order valence-electron chi connectivity index (χ1n) is 10.1. The molecule has 2 rings (SSSR count). The van der Waals surface area contributed by atoms with E-state index in [0.717, 1.165) is 24.0 Å². The zero-order valence-corrected chi connectivity index (χ0v) is 19.4. The average Bonchev–Trinajstić information content (AvgIpc) is 2.96. The number of methoxy groups -OCH3 is 1. The summed E-state index contributed by atoms with van der Waals surface area (Å²) in [4.78, 5) is 23.3. The van der Waals surface area contributed by atoms with Crippen molar-refractivity contribution < 1.29 is 24.2 Å². The number of rotatable bonds is 8. The Morgan fingerprint density at radius 3 is 2.53 bits per heavy atom. The molecule has 0 aliphatic carbocycles. The SMILES string of the molecule is COc1c(Cl)c(C)c(C=O)c(O)c1C/C=C(\C)CC/C=C(\C)[C@@H]1CC(=O)C(C)(C)O1. The van der Waals surface area contributed by atoms with E-state index in [-0.39, 0.29) is 23.2 Å². The van der Waals surface area contributed by atoms with Crippen LogP contribution in [0.5, 0.6) is 11.5 Å². The number of hydrogen-bond donors (Lipinski definition) is 1. The number of Topliss-reactive ketones (excluding diaryl/α,β-unsaturated/α-hetero) is 1. The predicted octanol–water partition coefficient (Wildman–Crippen LogP) is 5.53. The minimum Gasteiger partial charge on any atom is -0.507 e. The second kappa shape index (κ2) is 9.80. The molecule has 164 valence electrons. The van der Waals surface area contributed by atoms with Crippen molar-refractivity contribution in [3.8, 4) is 11.5 Å². The van der Waals surface area contributed by atoms with E-state index in [0.29, 0.717) is 41.0 Å². The van der Waals surface area contributed by atoms with Crippen LogP contribution in [0.25, 0.3) is 0 Å². The summed E-state index contributed by atoms with van der Waals surface area (Å²) in [6, 6.07) is 0. The Labute approximate surface area is 183 Å². The third-order valence-corrected chi connectivity index (χ3v) is 6.17. The van der Waals surface area contributed by atoms with Crippen LogP contribution in [0.2, 0.25) is 5.02 Å². The van der Waals surface area contributed by atoms with Gasteiger partial charge in [0, 0.05) is 12.0 Å². The normalized spacial score (nSPS) is 19.3. The van der Waals surface area contributed by atoms with Crippen molar-refractivity contribution in [3.05, 3.63) is 45.0 Å².